The topological polar surface area (TPSA) is 57.5 Å². The molecule has 176 valence electrons. The number of likely N-dealkylation sites (tertiary alicyclic amines) is 1. The van der Waals surface area contributed by atoms with Crippen LogP contribution in [0.2, 0.25) is 0 Å². The van der Waals surface area contributed by atoms with E-state index in [4.69, 9.17) is 0 Å². The molecule has 2 atom stereocenters. The van der Waals surface area contributed by atoms with Crippen LogP contribution in [0.15, 0.2) is 78.0 Å². The number of aromatic nitrogens is 2. The van der Waals surface area contributed by atoms with Gasteiger partial charge in [-0.15, -0.1) is 24.0 Å². The fourth-order valence-electron chi connectivity index (χ4n) is 4.40. The van der Waals surface area contributed by atoms with E-state index in [2.05, 4.69) is 104 Å². The third-order valence-corrected chi connectivity index (χ3v) is 6.20. The molecule has 7 heteroatoms. The Bertz CT molecular complexity index is 988. The quantitative estimate of drug-likeness (QED) is 0.249. The predicted octanol–water partition coefficient (Wildman–Crippen LogP) is 4.07. The van der Waals surface area contributed by atoms with Gasteiger partial charge in [0.25, 0.3) is 0 Å². The van der Waals surface area contributed by atoms with Crippen LogP contribution in [0, 0.1) is 0 Å². The molecule has 2 N–H and O–H groups in total. The SMILES string of the molecule is CN=C(NCc1nccn1CCc1ccccc1)NC1CC(C)N(Cc2ccccc2)C1.I. The zero-order chi connectivity index (χ0) is 22.2. The highest BCUT2D eigenvalue weighted by molar-refractivity contribution is 14.0. The third-order valence-electron chi connectivity index (χ3n) is 6.20. The van der Waals surface area contributed by atoms with Crippen molar-refractivity contribution in [1.82, 2.24) is 25.1 Å². The Labute approximate surface area is 214 Å². The van der Waals surface area contributed by atoms with E-state index >= 15 is 0 Å². The van der Waals surface area contributed by atoms with Gasteiger partial charge in [-0.05, 0) is 30.9 Å². The second-order valence-electron chi connectivity index (χ2n) is 8.54. The molecule has 0 aliphatic carbocycles. The number of nitrogens with one attached hydrogen (secondary N) is 2. The molecule has 3 aromatic rings. The van der Waals surface area contributed by atoms with Crippen LogP contribution < -0.4 is 10.6 Å². The van der Waals surface area contributed by atoms with Crippen molar-refractivity contribution in [2.75, 3.05) is 13.6 Å². The zero-order valence-electron chi connectivity index (χ0n) is 19.5. The van der Waals surface area contributed by atoms with E-state index in [1.165, 1.54) is 11.1 Å². The standard InChI is InChI=1S/C26H34N6.HI/c1-21-17-24(20-32(21)19-23-11-7-4-8-12-23)30-26(27-2)29-18-25-28-14-16-31(25)15-13-22-9-5-3-6-10-22;/h3-12,14,16,21,24H,13,15,17-20H2,1-2H3,(H2,27,29,30);1H. The summed E-state index contributed by atoms with van der Waals surface area (Å²) in [5, 5.41) is 7.07. The Morgan fingerprint density at radius 1 is 1.06 bits per heavy atom. The van der Waals surface area contributed by atoms with Gasteiger partial charge < -0.3 is 15.2 Å². The summed E-state index contributed by atoms with van der Waals surface area (Å²) < 4.78 is 2.21. The Hall–Kier alpha value is -2.39. The minimum absolute atomic E-state index is 0. The average molecular weight is 559 g/mol. The molecule has 6 nitrogen and oxygen atoms in total. The van der Waals surface area contributed by atoms with Crippen LogP contribution in [0.25, 0.3) is 0 Å². The summed E-state index contributed by atoms with van der Waals surface area (Å²) in [6.07, 6.45) is 6.03. The number of aliphatic imine (C=N–C) groups is 1. The van der Waals surface area contributed by atoms with Crippen LogP contribution in [0.4, 0.5) is 0 Å². The Balaban J connectivity index is 0.00000306. The number of halogens is 1. The van der Waals surface area contributed by atoms with Crippen molar-refractivity contribution in [3.8, 4) is 0 Å². The van der Waals surface area contributed by atoms with Crippen LogP contribution in [0.1, 0.15) is 30.3 Å². The van der Waals surface area contributed by atoms with Crippen LogP contribution in [-0.4, -0.2) is 46.1 Å². The minimum atomic E-state index is 0. The number of imidazole rings is 1. The fraction of sp³-hybridized carbons (Fsp3) is 0.385. The normalized spacial score (nSPS) is 18.7. The molecule has 0 spiro atoms. The van der Waals surface area contributed by atoms with Gasteiger partial charge in [0.1, 0.15) is 5.82 Å². The smallest absolute Gasteiger partial charge is 0.191 e. The van der Waals surface area contributed by atoms with E-state index in [9.17, 15) is 0 Å². The highest BCUT2D eigenvalue weighted by Crippen LogP contribution is 2.20. The highest BCUT2D eigenvalue weighted by Gasteiger charge is 2.29. The van der Waals surface area contributed by atoms with Gasteiger partial charge >= 0.3 is 0 Å². The van der Waals surface area contributed by atoms with Crippen LogP contribution >= 0.6 is 24.0 Å². The summed E-state index contributed by atoms with van der Waals surface area (Å²) in [6.45, 7) is 5.89. The minimum Gasteiger partial charge on any atom is -0.352 e. The molecule has 33 heavy (non-hydrogen) atoms. The van der Waals surface area contributed by atoms with Gasteiger partial charge in [0.05, 0.1) is 6.54 Å². The molecule has 0 radical (unpaired) electrons. The van der Waals surface area contributed by atoms with Gasteiger partial charge in [-0.25, -0.2) is 4.98 Å². The largest absolute Gasteiger partial charge is 0.352 e. The Morgan fingerprint density at radius 2 is 1.76 bits per heavy atom. The monoisotopic (exact) mass is 558 g/mol. The van der Waals surface area contributed by atoms with Crippen molar-refractivity contribution in [3.63, 3.8) is 0 Å². The van der Waals surface area contributed by atoms with Crippen LogP contribution in [0.3, 0.4) is 0 Å². The molecule has 1 aromatic heterocycles. The fourth-order valence-corrected chi connectivity index (χ4v) is 4.40. The molecule has 4 rings (SSSR count). The number of guanidine groups is 1. The van der Waals surface area contributed by atoms with E-state index in [1.54, 1.807) is 0 Å². The number of aryl methyl sites for hydroxylation is 2. The molecule has 2 unspecified atom stereocenters. The molecule has 0 bridgehead atoms. The molecule has 1 saturated heterocycles. The van der Waals surface area contributed by atoms with Crippen molar-refractivity contribution >= 4 is 29.9 Å². The lowest BCUT2D eigenvalue weighted by atomic mass is 10.1. The number of rotatable bonds is 8. The Morgan fingerprint density at radius 3 is 2.45 bits per heavy atom. The van der Waals surface area contributed by atoms with Crippen molar-refractivity contribution in [2.24, 2.45) is 4.99 Å². The van der Waals surface area contributed by atoms with Crippen LogP contribution in [-0.2, 0) is 26.1 Å². The van der Waals surface area contributed by atoms with E-state index in [1.807, 2.05) is 13.2 Å². The molecular weight excluding hydrogens is 523 g/mol. The summed E-state index contributed by atoms with van der Waals surface area (Å²) in [6, 6.07) is 22.2. The lowest BCUT2D eigenvalue weighted by molar-refractivity contribution is 0.258. The third kappa shape index (κ3) is 7.30. The van der Waals surface area contributed by atoms with Crippen molar-refractivity contribution in [1.29, 1.82) is 0 Å². The van der Waals surface area contributed by atoms with Gasteiger partial charge in [0, 0.05) is 51.2 Å². The summed E-state index contributed by atoms with van der Waals surface area (Å²) >= 11 is 0. The number of hydrogen-bond acceptors (Lipinski definition) is 3. The summed E-state index contributed by atoms with van der Waals surface area (Å²) in [7, 11) is 1.83. The molecule has 0 amide bonds. The van der Waals surface area contributed by atoms with Gasteiger partial charge in [-0.1, -0.05) is 60.7 Å². The number of hydrogen-bond donors (Lipinski definition) is 2. The van der Waals surface area contributed by atoms with Crippen LogP contribution in [0.5, 0.6) is 0 Å². The van der Waals surface area contributed by atoms with E-state index in [-0.39, 0.29) is 24.0 Å². The maximum atomic E-state index is 4.55. The second-order valence-corrected chi connectivity index (χ2v) is 8.54. The summed E-state index contributed by atoms with van der Waals surface area (Å²) in [5.41, 5.74) is 2.71. The van der Waals surface area contributed by atoms with E-state index in [0.717, 1.165) is 44.3 Å². The first-order chi connectivity index (χ1) is 15.7. The predicted molar refractivity (Wildman–Crippen MR) is 146 cm³/mol. The molecule has 2 aromatic carbocycles. The van der Waals surface area contributed by atoms with Gasteiger partial charge in [0.15, 0.2) is 5.96 Å². The molecule has 0 saturated carbocycles. The average Bonchev–Trinajstić information content (AvgIpc) is 3.42. The first-order valence-corrected chi connectivity index (χ1v) is 11.5. The van der Waals surface area contributed by atoms with Gasteiger partial charge in [-0.2, -0.15) is 0 Å². The van der Waals surface area contributed by atoms with Crippen molar-refractivity contribution < 1.29 is 0 Å². The summed E-state index contributed by atoms with van der Waals surface area (Å²) in [4.78, 5) is 11.5. The van der Waals surface area contributed by atoms with Crippen molar-refractivity contribution in [2.45, 2.75) is 51.5 Å². The number of nitrogens with zero attached hydrogens (tertiary/aromatic N) is 4. The lowest BCUT2D eigenvalue weighted by Crippen LogP contribution is -2.44. The highest BCUT2D eigenvalue weighted by atomic mass is 127. The zero-order valence-corrected chi connectivity index (χ0v) is 21.9. The first-order valence-electron chi connectivity index (χ1n) is 11.5. The maximum absolute atomic E-state index is 4.55. The van der Waals surface area contributed by atoms with Crippen molar-refractivity contribution in [3.05, 3.63) is 90.0 Å². The molecule has 2 heterocycles. The summed E-state index contributed by atoms with van der Waals surface area (Å²) in [5.74, 6) is 1.86. The second kappa shape index (κ2) is 12.7. The van der Waals surface area contributed by atoms with E-state index < -0.39 is 0 Å². The molecule has 1 fully saturated rings. The van der Waals surface area contributed by atoms with Gasteiger partial charge in [0.2, 0.25) is 0 Å². The van der Waals surface area contributed by atoms with E-state index in [0.29, 0.717) is 18.6 Å². The number of benzene rings is 2. The molecule has 1 aliphatic heterocycles. The lowest BCUT2D eigenvalue weighted by Gasteiger charge is -2.21. The maximum Gasteiger partial charge on any atom is 0.191 e. The molecule has 1 aliphatic rings. The molecular formula is C26H35IN6. The Kier molecular flexibility index (Phi) is 9.75. The first kappa shape index (κ1) is 25.2. The van der Waals surface area contributed by atoms with Gasteiger partial charge in [-0.3, -0.25) is 9.89 Å².